The summed E-state index contributed by atoms with van der Waals surface area (Å²) in [6.45, 7) is 14.6. The van der Waals surface area contributed by atoms with E-state index in [0.717, 1.165) is 0 Å². The van der Waals surface area contributed by atoms with Crippen molar-refractivity contribution in [3.63, 3.8) is 0 Å². The third-order valence-corrected chi connectivity index (χ3v) is 14.7. The minimum Gasteiger partial charge on any atom is -0.376 e. The van der Waals surface area contributed by atoms with Crippen LogP contribution in [0.5, 0.6) is 0 Å². The standard InChI is InChI=1S/C55H51BN2/c1-36-17-13-14-22-44(36)41-31-46-45-28-25-40(38-20-11-8-12-21-38)32-49(45)58(43-26-23-39(24-27-43)37-18-9-7-10-19-37)56-48-35-42(53(2,3)4)34-47-52(48)57(50(33-41)51(46)56)55(6)30-16-15-29-54(47,55)5/h7-14,17-28,31-35H,15-16,29-30H2,1-6H3. The first-order chi connectivity index (χ1) is 28.0. The number of hydrogen-bond acceptors (Lipinski definition) is 2. The van der Waals surface area contributed by atoms with Crippen LogP contribution in [0, 0.1) is 6.92 Å². The third-order valence-electron chi connectivity index (χ3n) is 14.7. The summed E-state index contributed by atoms with van der Waals surface area (Å²) in [5, 5.41) is 0. The largest absolute Gasteiger partial charge is 0.376 e. The molecule has 0 amide bonds. The number of aryl methyl sites for hydroxylation is 1. The normalized spacial score (nSPS) is 20.0. The molecule has 0 saturated heterocycles. The SMILES string of the molecule is Cc1ccccc1-c1cc2c3c(c1)N1c4c(cc(C(C)(C)C)cc4C4(C)CCCCC14C)B3N(c1ccc(-c3ccccc3)cc1)c1cc(-c3ccccc3)ccc1-2. The van der Waals surface area contributed by atoms with Crippen molar-refractivity contribution in [2.75, 3.05) is 9.71 Å². The Morgan fingerprint density at radius 2 is 1.17 bits per heavy atom. The maximum atomic E-state index is 2.88. The van der Waals surface area contributed by atoms with E-state index in [2.05, 4.69) is 203 Å². The predicted octanol–water partition coefficient (Wildman–Crippen LogP) is 13.3. The average molecular weight is 751 g/mol. The van der Waals surface area contributed by atoms with Gasteiger partial charge in [-0.3, -0.25) is 0 Å². The lowest BCUT2D eigenvalue weighted by Crippen LogP contribution is -2.64. The van der Waals surface area contributed by atoms with Gasteiger partial charge in [-0.25, -0.2) is 0 Å². The average Bonchev–Trinajstić information content (AvgIpc) is 3.46. The molecular formula is C55H51BN2. The Kier molecular flexibility index (Phi) is 7.69. The zero-order valence-corrected chi connectivity index (χ0v) is 34.7. The van der Waals surface area contributed by atoms with Crippen molar-refractivity contribution in [2.24, 2.45) is 0 Å². The zero-order valence-electron chi connectivity index (χ0n) is 34.7. The quantitative estimate of drug-likeness (QED) is 0.165. The Hall–Kier alpha value is -5.80. The highest BCUT2D eigenvalue weighted by Crippen LogP contribution is 2.63. The first-order valence-electron chi connectivity index (χ1n) is 21.4. The van der Waals surface area contributed by atoms with E-state index in [1.54, 1.807) is 5.56 Å². The first-order valence-corrected chi connectivity index (χ1v) is 21.4. The van der Waals surface area contributed by atoms with Crippen LogP contribution in [0.1, 0.15) is 77.0 Å². The summed E-state index contributed by atoms with van der Waals surface area (Å²) in [5.74, 6) is 0. The van der Waals surface area contributed by atoms with E-state index in [9.17, 15) is 0 Å². The van der Waals surface area contributed by atoms with Crippen molar-refractivity contribution in [1.82, 2.24) is 0 Å². The molecule has 0 radical (unpaired) electrons. The molecule has 7 aromatic rings. The molecule has 1 fully saturated rings. The number of benzene rings is 7. The maximum absolute atomic E-state index is 2.88. The van der Waals surface area contributed by atoms with Crippen LogP contribution in [0.4, 0.5) is 22.7 Å². The summed E-state index contributed by atoms with van der Waals surface area (Å²) in [5.41, 5.74) is 22.7. The fraction of sp³-hybridized carbons (Fsp3) is 0.236. The van der Waals surface area contributed by atoms with E-state index in [4.69, 9.17) is 0 Å². The highest BCUT2D eigenvalue weighted by Gasteiger charge is 2.62. The molecule has 284 valence electrons. The van der Waals surface area contributed by atoms with Crippen molar-refractivity contribution in [1.29, 1.82) is 0 Å². The van der Waals surface area contributed by atoms with Gasteiger partial charge < -0.3 is 9.71 Å². The van der Waals surface area contributed by atoms with Crippen LogP contribution in [0.2, 0.25) is 0 Å². The second-order valence-electron chi connectivity index (χ2n) is 18.9. The summed E-state index contributed by atoms with van der Waals surface area (Å²) >= 11 is 0. The molecule has 2 atom stereocenters. The Bertz CT molecular complexity index is 2760. The fourth-order valence-electron chi connectivity index (χ4n) is 11.3. The highest BCUT2D eigenvalue weighted by molar-refractivity contribution is 6.93. The Morgan fingerprint density at radius 3 is 1.88 bits per heavy atom. The van der Waals surface area contributed by atoms with Gasteiger partial charge in [0.15, 0.2) is 0 Å². The second kappa shape index (κ2) is 12.6. The van der Waals surface area contributed by atoms with Gasteiger partial charge in [0.05, 0.1) is 5.54 Å². The number of nitrogens with zero attached hydrogens (tertiary/aromatic N) is 2. The van der Waals surface area contributed by atoms with E-state index in [1.165, 1.54) is 115 Å². The van der Waals surface area contributed by atoms with Crippen LogP contribution in [-0.4, -0.2) is 12.4 Å². The number of hydrogen-bond donors (Lipinski definition) is 0. The van der Waals surface area contributed by atoms with Gasteiger partial charge >= 0.3 is 6.85 Å². The van der Waals surface area contributed by atoms with E-state index >= 15 is 0 Å². The fourth-order valence-corrected chi connectivity index (χ4v) is 11.3. The second-order valence-corrected chi connectivity index (χ2v) is 18.9. The minimum atomic E-state index is -0.0540. The molecule has 3 heterocycles. The van der Waals surface area contributed by atoms with Crippen molar-refractivity contribution < 1.29 is 0 Å². The van der Waals surface area contributed by atoms with Crippen LogP contribution in [-0.2, 0) is 10.8 Å². The van der Waals surface area contributed by atoms with Crippen LogP contribution in [0.15, 0.2) is 152 Å². The molecule has 1 saturated carbocycles. The highest BCUT2D eigenvalue weighted by atomic mass is 15.3. The molecule has 2 unspecified atom stereocenters. The Labute approximate surface area is 345 Å². The van der Waals surface area contributed by atoms with Crippen LogP contribution in [0.3, 0.4) is 0 Å². The number of anilines is 4. The molecule has 58 heavy (non-hydrogen) atoms. The molecule has 1 aliphatic carbocycles. The van der Waals surface area contributed by atoms with Crippen molar-refractivity contribution in [2.45, 2.75) is 83.6 Å². The lowest BCUT2D eigenvalue weighted by atomic mass is 9.43. The van der Waals surface area contributed by atoms with E-state index in [0.29, 0.717) is 0 Å². The topological polar surface area (TPSA) is 6.48 Å². The van der Waals surface area contributed by atoms with E-state index in [-0.39, 0.29) is 23.2 Å². The van der Waals surface area contributed by atoms with Gasteiger partial charge in [0.1, 0.15) is 0 Å². The smallest absolute Gasteiger partial charge is 0.333 e. The molecular weight excluding hydrogens is 699 g/mol. The molecule has 3 aliphatic heterocycles. The molecule has 11 rings (SSSR count). The Morgan fingerprint density at radius 1 is 0.552 bits per heavy atom. The molecule has 2 nitrogen and oxygen atoms in total. The third kappa shape index (κ3) is 4.98. The van der Waals surface area contributed by atoms with Gasteiger partial charge in [0.25, 0.3) is 0 Å². The maximum Gasteiger partial charge on any atom is 0.333 e. The molecule has 3 heteroatoms. The lowest BCUT2D eigenvalue weighted by molar-refractivity contribution is 0.195. The minimum absolute atomic E-state index is 0.00655. The van der Waals surface area contributed by atoms with Crippen LogP contribution >= 0.6 is 0 Å². The number of rotatable bonds is 4. The van der Waals surface area contributed by atoms with Gasteiger partial charge in [-0.05, 0) is 129 Å². The molecule has 7 aromatic carbocycles. The van der Waals surface area contributed by atoms with E-state index in [1.807, 2.05) is 0 Å². The molecule has 0 spiro atoms. The molecule has 4 aliphatic rings. The summed E-state index contributed by atoms with van der Waals surface area (Å²) < 4.78 is 0. The monoisotopic (exact) mass is 750 g/mol. The summed E-state index contributed by atoms with van der Waals surface area (Å²) in [7, 11) is 0. The van der Waals surface area contributed by atoms with Crippen molar-refractivity contribution >= 4 is 40.5 Å². The van der Waals surface area contributed by atoms with Gasteiger partial charge in [0.2, 0.25) is 0 Å². The zero-order chi connectivity index (χ0) is 39.6. The predicted molar refractivity (Wildman–Crippen MR) is 248 cm³/mol. The summed E-state index contributed by atoms with van der Waals surface area (Å²) in [6, 6.07) is 57.6. The van der Waals surface area contributed by atoms with Crippen molar-refractivity contribution in [3.05, 3.63) is 168 Å². The molecule has 0 N–H and O–H groups in total. The van der Waals surface area contributed by atoms with Crippen LogP contribution < -0.4 is 20.6 Å². The molecule has 0 bridgehead atoms. The van der Waals surface area contributed by atoms with Gasteiger partial charge in [0, 0.05) is 33.7 Å². The Balaban J connectivity index is 1.26. The van der Waals surface area contributed by atoms with Crippen molar-refractivity contribution in [3.8, 4) is 44.5 Å². The van der Waals surface area contributed by atoms with Crippen LogP contribution in [0.25, 0.3) is 44.5 Å². The van der Waals surface area contributed by atoms with Gasteiger partial charge in [-0.15, -0.1) is 0 Å². The summed E-state index contributed by atoms with van der Waals surface area (Å²) in [6.07, 6.45) is 4.91. The summed E-state index contributed by atoms with van der Waals surface area (Å²) in [4.78, 5) is 5.59. The lowest BCUT2D eigenvalue weighted by Gasteiger charge is -2.53. The van der Waals surface area contributed by atoms with E-state index < -0.39 is 0 Å². The number of fused-ring (bicyclic) bond motifs is 7. The van der Waals surface area contributed by atoms with Gasteiger partial charge in [-0.1, -0.05) is 162 Å². The van der Waals surface area contributed by atoms with Gasteiger partial charge in [-0.2, -0.15) is 0 Å². The molecule has 0 aromatic heterocycles. The first kappa shape index (κ1) is 35.4.